The molecule has 1 amide bonds. The average molecular weight is 377 g/mol. The maximum absolute atomic E-state index is 12.7. The number of carbonyl (C=O) groups excluding carboxylic acids is 1. The normalized spacial score (nSPS) is 13.6. The maximum atomic E-state index is 12.7. The second kappa shape index (κ2) is 7.15. The van der Waals surface area contributed by atoms with Crippen molar-refractivity contribution < 1.29 is 9.53 Å². The molecule has 0 unspecified atom stereocenters. The van der Waals surface area contributed by atoms with E-state index in [-0.39, 0.29) is 18.1 Å². The summed E-state index contributed by atoms with van der Waals surface area (Å²) in [6.45, 7) is 4.19. The highest BCUT2D eigenvalue weighted by atomic mass is 16.5. The summed E-state index contributed by atoms with van der Waals surface area (Å²) in [6, 6.07) is 12.7. The molecule has 28 heavy (non-hydrogen) atoms. The molecule has 8 heteroatoms. The lowest BCUT2D eigenvalue weighted by Crippen LogP contribution is -2.25. The number of aromatic nitrogens is 2. The Morgan fingerprint density at radius 2 is 2.11 bits per heavy atom. The molecule has 0 saturated carbocycles. The van der Waals surface area contributed by atoms with E-state index in [4.69, 9.17) is 4.74 Å². The zero-order valence-corrected chi connectivity index (χ0v) is 15.5. The molecule has 0 fully saturated rings. The van der Waals surface area contributed by atoms with Gasteiger partial charge in [-0.1, -0.05) is 12.1 Å². The number of ether oxygens (including phenoxy) is 1. The van der Waals surface area contributed by atoms with Crippen LogP contribution in [0.1, 0.15) is 19.4 Å². The number of nitrogens with zero attached hydrogens (tertiary/aromatic N) is 3. The van der Waals surface area contributed by atoms with Gasteiger partial charge in [0.05, 0.1) is 22.3 Å². The Labute approximate surface area is 160 Å². The van der Waals surface area contributed by atoms with E-state index < -0.39 is 0 Å². The van der Waals surface area contributed by atoms with E-state index in [1.165, 1.54) is 0 Å². The van der Waals surface area contributed by atoms with Gasteiger partial charge in [-0.3, -0.25) is 14.2 Å². The minimum absolute atomic E-state index is 0.0170. The lowest BCUT2D eigenvalue weighted by atomic mass is 10.1. The number of carbonyl (C=O) groups is 1. The first kappa shape index (κ1) is 17.7. The van der Waals surface area contributed by atoms with Crippen LogP contribution >= 0.6 is 0 Å². The summed E-state index contributed by atoms with van der Waals surface area (Å²) >= 11 is 0. The highest BCUT2D eigenvalue weighted by molar-refractivity contribution is 6.02. The standard InChI is InChI=1S/C20H19N5O3/c1-3-25-19(27)14-6-4-5-7-15(14)22-20(25)24-23-12(2)13-8-9-17-16(10-13)21-18(26)11-28-17/h4-10H,3,11H2,1-2H3,(H,21,26)(H,22,24)/b23-12-. The van der Waals surface area contributed by atoms with Gasteiger partial charge in [0.1, 0.15) is 5.75 Å². The molecule has 0 bridgehead atoms. The first-order valence-corrected chi connectivity index (χ1v) is 8.93. The second-order valence-corrected chi connectivity index (χ2v) is 6.36. The Kier molecular flexibility index (Phi) is 4.52. The number of nitrogens with one attached hydrogen (secondary N) is 2. The first-order chi connectivity index (χ1) is 13.6. The number of benzene rings is 2. The third-order valence-corrected chi connectivity index (χ3v) is 4.53. The minimum Gasteiger partial charge on any atom is -0.482 e. The molecular formula is C20H19N5O3. The summed E-state index contributed by atoms with van der Waals surface area (Å²) in [5.74, 6) is 0.810. The van der Waals surface area contributed by atoms with E-state index in [0.29, 0.717) is 40.5 Å². The number of hydrogen-bond donors (Lipinski definition) is 2. The number of anilines is 2. The van der Waals surface area contributed by atoms with E-state index in [2.05, 4.69) is 20.8 Å². The number of fused-ring (bicyclic) bond motifs is 2. The van der Waals surface area contributed by atoms with Gasteiger partial charge in [0.2, 0.25) is 5.95 Å². The van der Waals surface area contributed by atoms with Crippen molar-refractivity contribution in [1.82, 2.24) is 9.55 Å². The average Bonchev–Trinajstić information content (AvgIpc) is 2.71. The van der Waals surface area contributed by atoms with Crippen LogP contribution < -0.4 is 21.0 Å². The Morgan fingerprint density at radius 1 is 1.29 bits per heavy atom. The molecular weight excluding hydrogens is 358 g/mol. The molecule has 142 valence electrons. The Hall–Kier alpha value is -3.68. The van der Waals surface area contributed by atoms with Crippen LogP contribution in [0.5, 0.6) is 5.75 Å². The molecule has 2 N–H and O–H groups in total. The van der Waals surface area contributed by atoms with E-state index in [1.54, 1.807) is 28.8 Å². The van der Waals surface area contributed by atoms with Gasteiger partial charge in [-0.2, -0.15) is 5.10 Å². The number of rotatable bonds is 4. The van der Waals surface area contributed by atoms with Crippen molar-refractivity contribution in [3.8, 4) is 5.75 Å². The summed E-state index contributed by atoms with van der Waals surface area (Å²) in [4.78, 5) is 28.7. The molecule has 1 aliphatic heterocycles. The zero-order valence-electron chi connectivity index (χ0n) is 15.5. The molecule has 0 saturated heterocycles. The van der Waals surface area contributed by atoms with Crippen LogP contribution in [0.2, 0.25) is 0 Å². The second-order valence-electron chi connectivity index (χ2n) is 6.36. The van der Waals surface area contributed by atoms with Gasteiger partial charge in [-0.25, -0.2) is 10.4 Å². The first-order valence-electron chi connectivity index (χ1n) is 8.93. The van der Waals surface area contributed by atoms with Crippen LogP contribution in [0.15, 0.2) is 52.4 Å². The fraction of sp³-hybridized carbons (Fsp3) is 0.200. The van der Waals surface area contributed by atoms with Crippen molar-refractivity contribution in [2.24, 2.45) is 5.10 Å². The highest BCUT2D eigenvalue weighted by Crippen LogP contribution is 2.28. The molecule has 0 atom stereocenters. The highest BCUT2D eigenvalue weighted by Gasteiger charge is 2.16. The van der Waals surface area contributed by atoms with Crippen LogP contribution in [0.3, 0.4) is 0 Å². The number of amides is 1. The quantitative estimate of drug-likeness (QED) is 0.538. The molecule has 0 spiro atoms. The molecule has 4 rings (SSSR count). The van der Waals surface area contributed by atoms with Gasteiger partial charge in [0, 0.05) is 6.54 Å². The molecule has 1 aliphatic rings. The predicted octanol–water partition coefficient (Wildman–Crippen LogP) is 2.58. The maximum Gasteiger partial charge on any atom is 0.262 e. The Bertz CT molecular complexity index is 1170. The largest absolute Gasteiger partial charge is 0.482 e. The van der Waals surface area contributed by atoms with E-state index in [0.717, 1.165) is 5.56 Å². The fourth-order valence-electron chi connectivity index (χ4n) is 3.05. The Balaban J connectivity index is 1.66. The zero-order chi connectivity index (χ0) is 19.7. The van der Waals surface area contributed by atoms with Gasteiger partial charge in [-0.15, -0.1) is 0 Å². The third kappa shape index (κ3) is 3.20. The molecule has 0 radical (unpaired) electrons. The summed E-state index contributed by atoms with van der Waals surface area (Å²) in [5, 5.41) is 7.73. The molecule has 2 aromatic carbocycles. The van der Waals surface area contributed by atoms with Gasteiger partial charge >= 0.3 is 0 Å². The van der Waals surface area contributed by atoms with Gasteiger partial charge in [0.25, 0.3) is 11.5 Å². The fourth-order valence-corrected chi connectivity index (χ4v) is 3.05. The molecule has 1 aromatic heterocycles. The third-order valence-electron chi connectivity index (χ3n) is 4.53. The van der Waals surface area contributed by atoms with Crippen molar-refractivity contribution in [3.63, 3.8) is 0 Å². The van der Waals surface area contributed by atoms with Crippen molar-refractivity contribution >= 4 is 34.2 Å². The van der Waals surface area contributed by atoms with Crippen molar-refractivity contribution in [3.05, 3.63) is 58.4 Å². The summed E-state index contributed by atoms with van der Waals surface area (Å²) in [5.41, 5.74) is 5.50. The van der Waals surface area contributed by atoms with Crippen molar-refractivity contribution in [1.29, 1.82) is 0 Å². The van der Waals surface area contributed by atoms with E-state index in [1.807, 2.05) is 32.0 Å². The lowest BCUT2D eigenvalue weighted by molar-refractivity contribution is -0.118. The topological polar surface area (TPSA) is 97.6 Å². The SMILES string of the molecule is CCn1c(N/N=C(/C)c2ccc3c(c2)NC(=O)CO3)nc2ccccc2c1=O. The summed E-state index contributed by atoms with van der Waals surface area (Å²) < 4.78 is 6.91. The number of hydrogen-bond acceptors (Lipinski definition) is 6. The minimum atomic E-state index is -0.190. The smallest absolute Gasteiger partial charge is 0.262 e. The van der Waals surface area contributed by atoms with E-state index in [9.17, 15) is 9.59 Å². The molecule has 3 aromatic rings. The van der Waals surface area contributed by atoms with Gasteiger partial charge < -0.3 is 10.1 Å². The molecule has 0 aliphatic carbocycles. The monoisotopic (exact) mass is 377 g/mol. The van der Waals surface area contributed by atoms with Crippen LogP contribution in [0.25, 0.3) is 10.9 Å². The van der Waals surface area contributed by atoms with Gasteiger partial charge in [-0.05, 0) is 49.7 Å². The van der Waals surface area contributed by atoms with Crippen LogP contribution in [0, 0.1) is 0 Å². The lowest BCUT2D eigenvalue weighted by Gasteiger charge is -2.18. The summed E-state index contributed by atoms with van der Waals surface area (Å²) in [6.07, 6.45) is 0. The van der Waals surface area contributed by atoms with E-state index >= 15 is 0 Å². The van der Waals surface area contributed by atoms with Crippen LogP contribution in [0.4, 0.5) is 11.6 Å². The van der Waals surface area contributed by atoms with Crippen molar-refractivity contribution in [2.75, 3.05) is 17.3 Å². The van der Waals surface area contributed by atoms with Crippen molar-refractivity contribution in [2.45, 2.75) is 20.4 Å². The van der Waals surface area contributed by atoms with Gasteiger partial charge in [0.15, 0.2) is 6.61 Å². The van der Waals surface area contributed by atoms with Crippen LogP contribution in [-0.4, -0.2) is 27.8 Å². The Morgan fingerprint density at radius 3 is 2.93 bits per heavy atom. The summed E-state index contributed by atoms with van der Waals surface area (Å²) in [7, 11) is 0. The predicted molar refractivity (Wildman–Crippen MR) is 108 cm³/mol. The molecule has 8 nitrogen and oxygen atoms in total. The number of hydrazone groups is 1. The number of para-hydroxylation sites is 1. The molecule has 2 heterocycles. The van der Waals surface area contributed by atoms with Crippen LogP contribution in [-0.2, 0) is 11.3 Å².